The fraction of sp³-hybridized carbons (Fsp3) is 0.615. The maximum absolute atomic E-state index is 6.53. The Morgan fingerprint density at radius 3 is 0.950 bits per heavy atom. The number of hydrogen-bond donors (Lipinski definition) is 2. The second kappa shape index (κ2) is 29.1. The van der Waals surface area contributed by atoms with Crippen molar-refractivity contribution >= 4 is 22.4 Å². The number of nitrogens with zero attached hydrogens (tertiary/aromatic N) is 2. The molecule has 0 fully saturated rings. The molecule has 3 aromatic carbocycles. The fourth-order valence-electron chi connectivity index (χ4n) is 7.57. The molecule has 0 spiro atoms. The van der Waals surface area contributed by atoms with Crippen molar-refractivity contribution in [3.63, 3.8) is 0 Å². The molecule has 1 heterocycles. The first-order valence-electron chi connectivity index (χ1n) is 24.2. The number of ether oxygens (including phenoxy) is 4. The molecule has 8 nitrogen and oxygen atoms in total. The van der Waals surface area contributed by atoms with Gasteiger partial charge < -0.3 is 30.4 Å². The predicted molar refractivity (Wildman–Crippen MR) is 255 cm³/mol. The van der Waals surface area contributed by atoms with Crippen molar-refractivity contribution in [3.05, 3.63) is 48.5 Å². The quantitative estimate of drug-likeness (QED) is 0.0353. The van der Waals surface area contributed by atoms with Gasteiger partial charge in [-0.1, -0.05) is 156 Å². The first-order valence-corrected chi connectivity index (χ1v) is 24.2. The van der Waals surface area contributed by atoms with E-state index in [-0.39, 0.29) is 0 Å². The number of aromatic nitrogens is 2. The van der Waals surface area contributed by atoms with E-state index in [2.05, 4.69) is 52.0 Å². The van der Waals surface area contributed by atoms with E-state index >= 15 is 0 Å². The first-order chi connectivity index (χ1) is 29.5. The summed E-state index contributed by atoms with van der Waals surface area (Å²) >= 11 is 0. The lowest BCUT2D eigenvalue weighted by atomic mass is 10.0. The SMILES string of the molecule is CCCCCCCCOc1ccc(-c2nc3cc(N)c(N)cc3nc2-c2ccc(OCCCCCCCC)c(OCCCCCCCC)c2)cc1OCCCCCCCC. The molecule has 0 saturated heterocycles. The second-order valence-corrected chi connectivity index (χ2v) is 16.7. The number of unbranched alkanes of at least 4 members (excludes halogenated alkanes) is 20. The van der Waals surface area contributed by atoms with Gasteiger partial charge in [-0.2, -0.15) is 0 Å². The summed E-state index contributed by atoms with van der Waals surface area (Å²) in [5, 5.41) is 0. The molecule has 4 N–H and O–H groups in total. The van der Waals surface area contributed by atoms with E-state index in [0.29, 0.717) is 48.8 Å². The maximum atomic E-state index is 6.53. The lowest BCUT2D eigenvalue weighted by molar-refractivity contribution is 0.258. The lowest BCUT2D eigenvalue weighted by Gasteiger charge is -2.17. The molecule has 0 amide bonds. The van der Waals surface area contributed by atoms with Crippen LogP contribution in [0.3, 0.4) is 0 Å². The number of fused-ring (bicyclic) bond motifs is 1. The first kappa shape index (κ1) is 48.5. The number of nitrogens with two attached hydrogens (primary N) is 2. The molecule has 0 aliphatic heterocycles. The van der Waals surface area contributed by atoms with Gasteiger partial charge in [0.05, 0.1) is 60.2 Å². The molecule has 0 saturated carbocycles. The van der Waals surface area contributed by atoms with Gasteiger partial charge in [-0.05, 0) is 74.2 Å². The summed E-state index contributed by atoms with van der Waals surface area (Å²) in [6, 6.07) is 16.0. The Labute approximate surface area is 363 Å². The zero-order valence-electron chi connectivity index (χ0n) is 38.1. The molecular formula is C52H80N4O4. The van der Waals surface area contributed by atoms with Crippen LogP contribution in [0.5, 0.6) is 23.0 Å². The Morgan fingerprint density at radius 1 is 0.350 bits per heavy atom. The van der Waals surface area contributed by atoms with Gasteiger partial charge in [0, 0.05) is 11.1 Å². The standard InChI is InChI=1S/C52H80N4O4/c1-5-9-13-17-21-25-33-57-47-31-29-41(37-49(47)59-35-27-23-19-15-11-7-3)51-52(56-46-40-44(54)43(53)39-45(46)55-51)42-30-32-48(58-34-26-22-18-14-10-6-2)50(38-42)60-36-28-24-20-16-12-8-4/h29-32,37-40H,5-28,33-36,53-54H2,1-4H3. The summed E-state index contributed by atoms with van der Waals surface area (Å²) in [7, 11) is 0. The summed E-state index contributed by atoms with van der Waals surface area (Å²) < 4.78 is 25.9. The van der Waals surface area contributed by atoms with Gasteiger partial charge in [0.2, 0.25) is 0 Å². The van der Waals surface area contributed by atoms with Gasteiger partial charge in [-0.15, -0.1) is 0 Å². The van der Waals surface area contributed by atoms with E-state index in [0.717, 1.165) is 84.0 Å². The van der Waals surface area contributed by atoms with Crippen LogP contribution in [0.4, 0.5) is 11.4 Å². The van der Waals surface area contributed by atoms with Crippen molar-refractivity contribution in [2.75, 3.05) is 37.9 Å². The average Bonchev–Trinajstić information content (AvgIpc) is 3.25. The fourth-order valence-corrected chi connectivity index (χ4v) is 7.57. The Bertz CT molecular complexity index is 1650. The van der Waals surface area contributed by atoms with Crippen molar-refractivity contribution in [2.24, 2.45) is 0 Å². The van der Waals surface area contributed by atoms with E-state index < -0.39 is 0 Å². The minimum absolute atomic E-state index is 0.481. The molecule has 0 unspecified atom stereocenters. The van der Waals surface area contributed by atoms with Crippen LogP contribution in [-0.4, -0.2) is 36.4 Å². The topological polar surface area (TPSA) is 115 Å². The van der Waals surface area contributed by atoms with Crippen LogP contribution in [0.1, 0.15) is 182 Å². The lowest BCUT2D eigenvalue weighted by Crippen LogP contribution is -2.05. The minimum atomic E-state index is 0.481. The Hall–Kier alpha value is -4.20. The molecular weight excluding hydrogens is 745 g/mol. The minimum Gasteiger partial charge on any atom is -0.490 e. The molecule has 0 bridgehead atoms. The van der Waals surface area contributed by atoms with Gasteiger partial charge in [0.1, 0.15) is 0 Å². The third-order valence-electron chi connectivity index (χ3n) is 11.3. The largest absolute Gasteiger partial charge is 0.490 e. The van der Waals surface area contributed by atoms with E-state index in [9.17, 15) is 0 Å². The van der Waals surface area contributed by atoms with Crippen molar-refractivity contribution < 1.29 is 18.9 Å². The highest BCUT2D eigenvalue weighted by Gasteiger charge is 2.19. The summed E-state index contributed by atoms with van der Waals surface area (Å²) in [5.41, 5.74) is 18.2. The molecule has 0 atom stereocenters. The number of benzene rings is 3. The zero-order valence-corrected chi connectivity index (χ0v) is 38.1. The molecule has 1 aromatic heterocycles. The highest BCUT2D eigenvalue weighted by molar-refractivity contribution is 5.91. The zero-order chi connectivity index (χ0) is 42.6. The molecule has 60 heavy (non-hydrogen) atoms. The van der Waals surface area contributed by atoms with Crippen molar-refractivity contribution in [1.29, 1.82) is 0 Å². The molecule has 332 valence electrons. The van der Waals surface area contributed by atoms with Gasteiger partial charge in [0.15, 0.2) is 23.0 Å². The Kier molecular flexibility index (Phi) is 23.5. The highest BCUT2D eigenvalue weighted by atomic mass is 16.5. The molecule has 0 radical (unpaired) electrons. The van der Waals surface area contributed by atoms with Crippen LogP contribution >= 0.6 is 0 Å². The Balaban J connectivity index is 1.67. The number of hydrogen-bond acceptors (Lipinski definition) is 8. The molecule has 8 heteroatoms. The van der Waals surface area contributed by atoms with Crippen LogP contribution in [0.2, 0.25) is 0 Å². The third kappa shape index (κ3) is 17.0. The van der Waals surface area contributed by atoms with Crippen molar-refractivity contribution in [1.82, 2.24) is 9.97 Å². The van der Waals surface area contributed by atoms with Crippen LogP contribution in [0.25, 0.3) is 33.5 Å². The summed E-state index contributed by atoms with van der Waals surface area (Å²) in [6.07, 6.45) is 28.9. The van der Waals surface area contributed by atoms with Gasteiger partial charge in [-0.25, -0.2) is 9.97 Å². The van der Waals surface area contributed by atoms with Gasteiger partial charge >= 0.3 is 0 Å². The van der Waals surface area contributed by atoms with Crippen LogP contribution in [-0.2, 0) is 0 Å². The van der Waals surface area contributed by atoms with Gasteiger partial charge in [0.25, 0.3) is 0 Å². The smallest absolute Gasteiger partial charge is 0.161 e. The van der Waals surface area contributed by atoms with Crippen LogP contribution < -0.4 is 30.4 Å². The van der Waals surface area contributed by atoms with Crippen molar-refractivity contribution in [3.8, 4) is 45.5 Å². The molecule has 4 rings (SSSR count). The Morgan fingerprint density at radius 2 is 0.633 bits per heavy atom. The van der Waals surface area contributed by atoms with Crippen molar-refractivity contribution in [2.45, 2.75) is 182 Å². The van der Waals surface area contributed by atoms with E-state index in [4.69, 9.17) is 40.4 Å². The normalized spacial score (nSPS) is 11.3. The monoisotopic (exact) mass is 825 g/mol. The van der Waals surface area contributed by atoms with E-state index in [1.807, 2.05) is 24.3 Å². The highest BCUT2D eigenvalue weighted by Crippen LogP contribution is 2.40. The molecule has 0 aliphatic rings. The number of rotatable bonds is 34. The summed E-state index contributed by atoms with van der Waals surface area (Å²) in [4.78, 5) is 10.5. The third-order valence-corrected chi connectivity index (χ3v) is 11.3. The predicted octanol–water partition coefficient (Wildman–Crippen LogP) is 15.1. The van der Waals surface area contributed by atoms with E-state index in [1.165, 1.54) is 116 Å². The van der Waals surface area contributed by atoms with Crippen LogP contribution in [0, 0.1) is 0 Å². The number of nitrogen functional groups attached to an aromatic ring is 2. The summed E-state index contributed by atoms with van der Waals surface area (Å²) in [5.74, 6) is 3.00. The van der Waals surface area contributed by atoms with E-state index in [1.54, 1.807) is 0 Å². The summed E-state index contributed by atoms with van der Waals surface area (Å²) in [6.45, 7) is 11.6. The average molecular weight is 825 g/mol. The molecule has 4 aromatic rings. The number of anilines is 2. The van der Waals surface area contributed by atoms with Crippen LogP contribution in [0.15, 0.2) is 48.5 Å². The molecule has 0 aliphatic carbocycles. The second-order valence-electron chi connectivity index (χ2n) is 16.7. The van der Waals surface area contributed by atoms with Gasteiger partial charge in [-0.3, -0.25) is 0 Å². The maximum Gasteiger partial charge on any atom is 0.161 e.